The van der Waals surface area contributed by atoms with Crippen LogP contribution in [-0.2, 0) is 0 Å². The molecule has 0 aliphatic carbocycles. The second-order valence-electron chi connectivity index (χ2n) is 4.60. The third-order valence-electron chi connectivity index (χ3n) is 3.08. The smallest absolute Gasteiger partial charge is 0.193 e. The highest BCUT2D eigenvalue weighted by Crippen LogP contribution is 2.30. The number of aryl methyl sites for hydroxylation is 1. The van der Waals surface area contributed by atoms with E-state index >= 15 is 0 Å². The van der Waals surface area contributed by atoms with Crippen LogP contribution in [0.25, 0.3) is 22.4 Å². The summed E-state index contributed by atoms with van der Waals surface area (Å²) in [5.74, 6) is 0.464. The third-order valence-corrected chi connectivity index (χ3v) is 4.13. The molecule has 21 heavy (non-hydrogen) atoms. The number of aromatic nitrogens is 1. The Morgan fingerprint density at radius 1 is 1.19 bits per heavy atom. The molecule has 0 spiro atoms. The Bertz CT molecular complexity index is 919. The van der Waals surface area contributed by atoms with E-state index in [0.717, 1.165) is 4.47 Å². The van der Waals surface area contributed by atoms with Crippen LogP contribution in [-0.4, -0.2) is 10.1 Å². The number of nitrogens with zero attached hydrogens (tertiary/aromatic N) is 1. The van der Waals surface area contributed by atoms with Crippen molar-refractivity contribution in [1.82, 2.24) is 4.98 Å². The van der Waals surface area contributed by atoms with Crippen LogP contribution in [0.1, 0.15) is 5.56 Å². The van der Waals surface area contributed by atoms with Gasteiger partial charge in [0.1, 0.15) is 11.4 Å². The Balaban J connectivity index is 2.30. The molecule has 0 unspecified atom stereocenters. The number of pyridine rings is 1. The molecule has 0 amide bonds. The molecule has 0 fully saturated rings. The van der Waals surface area contributed by atoms with Crippen molar-refractivity contribution < 1.29 is 9.52 Å². The van der Waals surface area contributed by atoms with E-state index in [1.165, 1.54) is 12.3 Å². The number of aromatic hydroxyl groups is 1. The fourth-order valence-electron chi connectivity index (χ4n) is 1.99. The second kappa shape index (κ2) is 5.27. The molecule has 106 valence electrons. The molecule has 0 atom stereocenters. The molecule has 0 bridgehead atoms. The van der Waals surface area contributed by atoms with Gasteiger partial charge in [0.05, 0.1) is 16.1 Å². The first-order chi connectivity index (χ1) is 9.95. The zero-order valence-corrected chi connectivity index (χ0v) is 14.0. The fourth-order valence-corrected chi connectivity index (χ4v) is 3.30. The average molecular weight is 411 g/mol. The summed E-state index contributed by atoms with van der Waals surface area (Å²) >= 11 is 6.74. The lowest BCUT2D eigenvalue weighted by Gasteiger charge is -2.06. The van der Waals surface area contributed by atoms with Crippen LogP contribution in [0.3, 0.4) is 0 Å². The van der Waals surface area contributed by atoms with Gasteiger partial charge in [-0.05, 0) is 46.6 Å². The molecule has 1 aromatic carbocycles. The molecule has 1 N–H and O–H groups in total. The van der Waals surface area contributed by atoms with Crippen LogP contribution in [0.4, 0.5) is 0 Å². The van der Waals surface area contributed by atoms with Gasteiger partial charge >= 0.3 is 0 Å². The first kappa shape index (κ1) is 14.3. The molecule has 0 radical (unpaired) electrons. The first-order valence-electron chi connectivity index (χ1n) is 6.04. The minimum absolute atomic E-state index is 0.104. The van der Waals surface area contributed by atoms with Crippen molar-refractivity contribution in [2.75, 3.05) is 0 Å². The Kier molecular flexibility index (Phi) is 3.59. The SMILES string of the molecule is Cc1cc(-c2cc(=O)c3cc(Br)cc(Br)c3o2)ncc1O. The molecule has 3 rings (SSSR count). The largest absolute Gasteiger partial charge is 0.506 e. The van der Waals surface area contributed by atoms with E-state index in [2.05, 4.69) is 36.8 Å². The van der Waals surface area contributed by atoms with Gasteiger partial charge in [-0.3, -0.25) is 4.79 Å². The minimum Gasteiger partial charge on any atom is -0.506 e. The van der Waals surface area contributed by atoms with E-state index in [9.17, 15) is 9.90 Å². The number of halogens is 2. The predicted molar refractivity (Wildman–Crippen MR) is 87.5 cm³/mol. The van der Waals surface area contributed by atoms with E-state index in [1.54, 1.807) is 19.1 Å². The van der Waals surface area contributed by atoms with Crippen LogP contribution in [0.15, 0.2) is 48.6 Å². The van der Waals surface area contributed by atoms with Crippen LogP contribution in [0, 0.1) is 6.92 Å². The van der Waals surface area contributed by atoms with Gasteiger partial charge in [-0.1, -0.05) is 15.9 Å². The lowest BCUT2D eigenvalue weighted by atomic mass is 10.1. The Hall–Kier alpha value is -1.66. The van der Waals surface area contributed by atoms with Crippen molar-refractivity contribution in [2.24, 2.45) is 0 Å². The molecule has 6 heteroatoms. The standard InChI is InChI=1S/C15H9Br2NO3/c1-7-2-11(18-6-13(7)20)14-5-12(19)9-3-8(16)4-10(17)15(9)21-14/h2-6,20H,1H3. The highest BCUT2D eigenvalue weighted by atomic mass is 79.9. The number of benzene rings is 1. The summed E-state index contributed by atoms with van der Waals surface area (Å²) in [7, 11) is 0. The van der Waals surface area contributed by atoms with Crippen LogP contribution >= 0.6 is 31.9 Å². The third kappa shape index (κ3) is 2.61. The number of rotatable bonds is 1. The van der Waals surface area contributed by atoms with Crippen molar-refractivity contribution in [3.05, 3.63) is 55.2 Å². The van der Waals surface area contributed by atoms with Gasteiger partial charge in [0.25, 0.3) is 0 Å². The van der Waals surface area contributed by atoms with Crippen molar-refractivity contribution >= 4 is 42.8 Å². The van der Waals surface area contributed by atoms with Crippen molar-refractivity contribution in [1.29, 1.82) is 0 Å². The van der Waals surface area contributed by atoms with Gasteiger partial charge in [-0.2, -0.15) is 0 Å². The minimum atomic E-state index is -0.152. The van der Waals surface area contributed by atoms with Gasteiger partial charge < -0.3 is 9.52 Å². The molecule has 3 aromatic rings. The number of hydrogen-bond donors (Lipinski definition) is 1. The van der Waals surface area contributed by atoms with Gasteiger partial charge in [0.2, 0.25) is 0 Å². The molecule has 2 heterocycles. The maximum Gasteiger partial charge on any atom is 0.193 e. The number of fused-ring (bicyclic) bond motifs is 1. The van der Waals surface area contributed by atoms with E-state index in [0.29, 0.717) is 32.5 Å². The number of hydrogen-bond acceptors (Lipinski definition) is 4. The van der Waals surface area contributed by atoms with E-state index in [-0.39, 0.29) is 11.2 Å². The lowest BCUT2D eigenvalue weighted by Crippen LogP contribution is -2.01. The molecule has 0 aliphatic rings. The molecular weight excluding hydrogens is 402 g/mol. The maximum atomic E-state index is 12.3. The van der Waals surface area contributed by atoms with E-state index in [4.69, 9.17) is 4.42 Å². The van der Waals surface area contributed by atoms with E-state index < -0.39 is 0 Å². The Labute approximate surface area is 136 Å². The van der Waals surface area contributed by atoms with Gasteiger partial charge in [-0.25, -0.2) is 4.98 Å². The highest BCUT2D eigenvalue weighted by molar-refractivity contribution is 9.11. The molecule has 2 aromatic heterocycles. The molecule has 0 aliphatic heterocycles. The van der Waals surface area contributed by atoms with Gasteiger partial charge in [0.15, 0.2) is 16.8 Å². The van der Waals surface area contributed by atoms with Crippen molar-refractivity contribution in [2.45, 2.75) is 6.92 Å². The molecule has 0 saturated carbocycles. The molecule has 0 saturated heterocycles. The predicted octanol–water partition coefficient (Wildman–Crippen LogP) is 4.39. The highest BCUT2D eigenvalue weighted by Gasteiger charge is 2.12. The summed E-state index contributed by atoms with van der Waals surface area (Å²) in [4.78, 5) is 16.3. The monoisotopic (exact) mass is 409 g/mol. The summed E-state index contributed by atoms with van der Waals surface area (Å²) in [6.45, 7) is 1.76. The van der Waals surface area contributed by atoms with Gasteiger partial charge in [0, 0.05) is 10.5 Å². The zero-order chi connectivity index (χ0) is 15.1. The summed E-state index contributed by atoms with van der Waals surface area (Å²) in [6, 6.07) is 6.60. The summed E-state index contributed by atoms with van der Waals surface area (Å²) in [5.41, 5.74) is 1.48. The van der Waals surface area contributed by atoms with Crippen LogP contribution in [0.5, 0.6) is 5.75 Å². The first-order valence-corrected chi connectivity index (χ1v) is 7.63. The Morgan fingerprint density at radius 3 is 2.67 bits per heavy atom. The summed E-state index contributed by atoms with van der Waals surface area (Å²) in [6.07, 6.45) is 1.34. The molecule has 4 nitrogen and oxygen atoms in total. The van der Waals surface area contributed by atoms with E-state index in [1.807, 2.05) is 6.07 Å². The maximum absolute atomic E-state index is 12.3. The zero-order valence-electron chi connectivity index (χ0n) is 10.9. The Morgan fingerprint density at radius 2 is 1.95 bits per heavy atom. The second-order valence-corrected chi connectivity index (χ2v) is 6.37. The van der Waals surface area contributed by atoms with Crippen molar-refractivity contribution in [3.8, 4) is 17.2 Å². The average Bonchev–Trinajstić information content (AvgIpc) is 2.43. The molecular formula is C15H9Br2NO3. The normalized spacial score (nSPS) is 11.0. The van der Waals surface area contributed by atoms with Gasteiger partial charge in [-0.15, -0.1) is 0 Å². The van der Waals surface area contributed by atoms with Crippen LogP contribution < -0.4 is 5.43 Å². The fraction of sp³-hybridized carbons (Fsp3) is 0.0667. The lowest BCUT2D eigenvalue weighted by molar-refractivity contribution is 0.468. The topological polar surface area (TPSA) is 63.3 Å². The summed E-state index contributed by atoms with van der Waals surface area (Å²) < 4.78 is 7.27. The summed E-state index contributed by atoms with van der Waals surface area (Å²) in [5, 5.41) is 10.0. The van der Waals surface area contributed by atoms with Crippen molar-refractivity contribution in [3.63, 3.8) is 0 Å². The quantitative estimate of drug-likeness (QED) is 0.645. The van der Waals surface area contributed by atoms with Crippen LogP contribution in [0.2, 0.25) is 0 Å².